The maximum Gasteiger partial charge on any atom is 0.299 e. The van der Waals surface area contributed by atoms with Crippen molar-refractivity contribution in [1.29, 1.82) is 0 Å². The van der Waals surface area contributed by atoms with Gasteiger partial charge in [-0.3, -0.25) is 0 Å². The Bertz CT molecular complexity index is 430. The molecule has 0 bridgehead atoms. The molecule has 72 valence electrons. The summed E-state index contributed by atoms with van der Waals surface area (Å²) in [6.07, 6.45) is 0. The number of aromatic nitrogens is 2. The topological polar surface area (TPSA) is 35.0 Å². The molecule has 0 saturated heterocycles. The minimum absolute atomic E-state index is 0.551. The third-order valence-electron chi connectivity index (χ3n) is 1.62. The number of halogens is 1. The van der Waals surface area contributed by atoms with Crippen molar-refractivity contribution in [2.24, 2.45) is 0 Å². The van der Waals surface area contributed by atoms with Gasteiger partial charge < -0.3 is 4.74 Å². The molecule has 0 unspecified atom stereocenters. The SMILES string of the molecule is Cc1ccc(Oc2nncs2)c(Br)c1. The van der Waals surface area contributed by atoms with Crippen molar-refractivity contribution in [3.05, 3.63) is 33.7 Å². The standard InChI is InChI=1S/C9H7BrN2OS/c1-6-2-3-8(7(10)4-6)13-9-12-11-5-14-9/h2-5H,1H3. The molecule has 1 heterocycles. The molecule has 14 heavy (non-hydrogen) atoms. The first kappa shape index (κ1) is 9.61. The van der Waals surface area contributed by atoms with Crippen molar-refractivity contribution in [2.45, 2.75) is 6.92 Å². The van der Waals surface area contributed by atoms with Crippen molar-refractivity contribution in [2.75, 3.05) is 0 Å². The lowest BCUT2D eigenvalue weighted by Gasteiger charge is -2.03. The Balaban J connectivity index is 2.25. The van der Waals surface area contributed by atoms with Gasteiger partial charge in [0.15, 0.2) is 0 Å². The summed E-state index contributed by atoms with van der Waals surface area (Å²) in [5.41, 5.74) is 2.82. The van der Waals surface area contributed by atoms with Crippen LogP contribution in [-0.4, -0.2) is 10.2 Å². The predicted molar refractivity (Wildman–Crippen MR) is 58.9 cm³/mol. The molecule has 0 N–H and O–H groups in total. The molecule has 0 saturated carbocycles. The van der Waals surface area contributed by atoms with E-state index in [1.807, 2.05) is 25.1 Å². The molecule has 2 rings (SSSR count). The summed E-state index contributed by atoms with van der Waals surface area (Å²) in [6.45, 7) is 2.03. The summed E-state index contributed by atoms with van der Waals surface area (Å²) in [4.78, 5) is 0. The van der Waals surface area contributed by atoms with Gasteiger partial charge in [-0.05, 0) is 40.5 Å². The molecule has 5 heteroatoms. The lowest BCUT2D eigenvalue weighted by molar-refractivity contribution is 0.470. The predicted octanol–water partition coefficient (Wildman–Crippen LogP) is 3.40. The van der Waals surface area contributed by atoms with Crippen LogP contribution in [0, 0.1) is 6.92 Å². The number of hydrogen-bond donors (Lipinski definition) is 0. The van der Waals surface area contributed by atoms with E-state index in [4.69, 9.17) is 4.74 Å². The third-order valence-corrected chi connectivity index (χ3v) is 2.81. The van der Waals surface area contributed by atoms with Crippen LogP contribution in [0.15, 0.2) is 28.2 Å². The first-order valence-corrected chi connectivity index (χ1v) is 5.63. The van der Waals surface area contributed by atoms with E-state index in [9.17, 15) is 0 Å². The van der Waals surface area contributed by atoms with Crippen LogP contribution in [0.3, 0.4) is 0 Å². The summed E-state index contributed by atoms with van der Waals surface area (Å²) in [6, 6.07) is 5.89. The average Bonchev–Trinajstić information content (AvgIpc) is 2.62. The molecule has 3 nitrogen and oxygen atoms in total. The van der Waals surface area contributed by atoms with Gasteiger partial charge in [0.2, 0.25) is 0 Å². The summed E-state index contributed by atoms with van der Waals surface area (Å²) in [5.74, 6) is 0.757. The van der Waals surface area contributed by atoms with E-state index in [0.29, 0.717) is 5.19 Å². The van der Waals surface area contributed by atoms with Gasteiger partial charge in [-0.2, -0.15) is 0 Å². The molecule has 0 amide bonds. The maximum atomic E-state index is 5.50. The van der Waals surface area contributed by atoms with Crippen LogP contribution in [0.4, 0.5) is 0 Å². The van der Waals surface area contributed by atoms with E-state index in [2.05, 4.69) is 26.1 Å². The fourth-order valence-corrected chi connectivity index (χ4v) is 1.98. The molecule has 0 radical (unpaired) electrons. The highest BCUT2D eigenvalue weighted by Crippen LogP contribution is 2.30. The molecule has 0 atom stereocenters. The van der Waals surface area contributed by atoms with Gasteiger partial charge in [-0.25, -0.2) is 0 Å². The highest BCUT2D eigenvalue weighted by atomic mass is 79.9. The van der Waals surface area contributed by atoms with Crippen LogP contribution < -0.4 is 4.74 Å². The molecule has 0 fully saturated rings. The molecule has 1 aromatic carbocycles. The molecule has 0 aliphatic carbocycles. The second-order valence-corrected chi connectivity index (χ2v) is 4.39. The molecule has 0 spiro atoms. The monoisotopic (exact) mass is 270 g/mol. The summed E-state index contributed by atoms with van der Waals surface area (Å²) < 4.78 is 6.43. The van der Waals surface area contributed by atoms with Crippen LogP contribution in [0.1, 0.15) is 5.56 Å². The minimum Gasteiger partial charge on any atom is -0.429 e. The van der Waals surface area contributed by atoms with Crippen LogP contribution >= 0.6 is 27.3 Å². The van der Waals surface area contributed by atoms with E-state index in [0.717, 1.165) is 10.2 Å². The zero-order valence-corrected chi connectivity index (χ0v) is 9.80. The quantitative estimate of drug-likeness (QED) is 0.839. The van der Waals surface area contributed by atoms with Crippen LogP contribution in [0.25, 0.3) is 0 Å². The highest BCUT2D eigenvalue weighted by molar-refractivity contribution is 9.10. The zero-order chi connectivity index (χ0) is 9.97. The Kier molecular flexibility index (Phi) is 2.79. The van der Waals surface area contributed by atoms with E-state index < -0.39 is 0 Å². The zero-order valence-electron chi connectivity index (χ0n) is 7.40. The molecule has 2 aromatic rings. The van der Waals surface area contributed by atoms with Gasteiger partial charge in [-0.1, -0.05) is 22.5 Å². The normalized spacial score (nSPS) is 10.1. The molecular formula is C9H7BrN2OS. The second-order valence-electron chi connectivity index (χ2n) is 2.74. The number of aryl methyl sites for hydroxylation is 1. The smallest absolute Gasteiger partial charge is 0.299 e. The van der Waals surface area contributed by atoms with Crippen molar-refractivity contribution < 1.29 is 4.74 Å². The van der Waals surface area contributed by atoms with Crippen molar-refractivity contribution in [3.8, 4) is 10.9 Å². The van der Waals surface area contributed by atoms with Crippen LogP contribution in [0.5, 0.6) is 10.9 Å². The van der Waals surface area contributed by atoms with Crippen molar-refractivity contribution in [3.63, 3.8) is 0 Å². The van der Waals surface area contributed by atoms with E-state index >= 15 is 0 Å². The number of ether oxygens (including phenoxy) is 1. The van der Waals surface area contributed by atoms with Crippen LogP contribution in [0.2, 0.25) is 0 Å². The molecule has 1 aromatic heterocycles. The van der Waals surface area contributed by atoms with Crippen LogP contribution in [-0.2, 0) is 0 Å². The Hall–Kier alpha value is -0.940. The number of hydrogen-bond acceptors (Lipinski definition) is 4. The van der Waals surface area contributed by atoms with Crippen molar-refractivity contribution in [1.82, 2.24) is 10.2 Å². The van der Waals surface area contributed by atoms with Gasteiger partial charge in [0.1, 0.15) is 11.3 Å². The number of rotatable bonds is 2. The minimum atomic E-state index is 0.551. The molecule has 0 aliphatic rings. The summed E-state index contributed by atoms with van der Waals surface area (Å²) >= 11 is 4.79. The Morgan fingerprint density at radius 3 is 2.93 bits per heavy atom. The average molecular weight is 271 g/mol. The molecular weight excluding hydrogens is 264 g/mol. The Morgan fingerprint density at radius 2 is 2.29 bits per heavy atom. The second kappa shape index (κ2) is 4.06. The largest absolute Gasteiger partial charge is 0.429 e. The fourth-order valence-electron chi connectivity index (χ4n) is 0.990. The Labute approximate surface area is 93.9 Å². The maximum absolute atomic E-state index is 5.50. The first-order chi connectivity index (χ1) is 6.75. The van der Waals surface area contributed by atoms with E-state index in [1.165, 1.54) is 16.9 Å². The lowest BCUT2D eigenvalue weighted by atomic mass is 10.2. The van der Waals surface area contributed by atoms with E-state index in [-0.39, 0.29) is 0 Å². The highest BCUT2D eigenvalue weighted by Gasteiger charge is 2.04. The summed E-state index contributed by atoms with van der Waals surface area (Å²) in [7, 11) is 0. The van der Waals surface area contributed by atoms with Gasteiger partial charge in [0, 0.05) is 0 Å². The van der Waals surface area contributed by atoms with Gasteiger partial charge >= 0.3 is 0 Å². The van der Waals surface area contributed by atoms with Gasteiger partial charge in [0.05, 0.1) is 4.47 Å². The van der Waals surface area contributed by atoms with Crippen molar-refractivity contribution >= 4 is 27.3 Å². The van der Waals surface area contributed by atoms with E-state index in [1.54, 1.807) is 5.51 Å². The first-order valence-electron chi connectivity index (χ1n) is 3.96. The number of nitrogens with zero attached hydrogens (tertiary/aromatic N) is 2. The Morgan fingerprint density at radius 1 is 1.43 bits per heavy atom. The van der Waals surface area contributed by atoms with Gasteiger partial charge in [-0.15, -0.1) is 5.10 Å². The summed E-state index contributed by atoms with van der Waals surface area (Å²) in [5, 5.41) is 8.04. The van der Waals surface area contributed by atoms with Gasteiger partial charge in [0.25, 0.3) is 5.19 Å². The number of benzene rings is 1. The third kappa shape index (κ3) is 2.10. The molecule has 0 aliphatic heterocycles. The fraction of sp³-hybridized carbons (Fsp3) is 0.111. The lowest BCUT2D eigenvalue weighted by Crippen LogP contribution is -1.85.